The molecule has 3 rings (SSSR count). The molecule has 2 aliphatic heterocycles. The Morgan fingerprint density at radius 2 is 2.00 bits per heavy atom. The molecule has 23 heavy (non-hydrogen) atoms. The van der Waals surface area contributed by atoms with E-state index in [0.717, 1.165) is 51.0 Å². The maximum absolute atomic E-state index is 12.7. The summed E-state index contributed by atoms with van der Waals surface area (Å²) in [6.45, 7) is 6.51. The number of nitrogens with zero attached hydrogens (tertiary/aromatic N) is 2. The van der Waals surface area contributed by atoms with Gasteiger partial charge in [-0.25, -0.2) is 0 Å². The predicted octanol–water partition coefficient (Wildman–Crippen LogP) is 3.05. The third-order valence-electron chi connectivity index (χ3n) is 4.93. The van der Waals surface area contributed by atoms with Gasteiger partial charge in [0, 0.05) is 44.0 Å². The summed E-state index contributed by atoms with van der Waals surface area (Å²) >= 11 is 0. The zero-order chi connectivity index (χ0) is 14.8. The van der Waals surface area contributed by atoms with Crippen molar-refractivity contribution in [1.29, 1.82) is 0 Å². The van der Waals surface area contributed by atoms with Gasteiger partial charge in [-0.3, -0.25) is 4.79 Å². The van der Waals surface area contributed by atoms with Gasteiger partial charge in [0.15, 0.2) is 0 Å². The fraction of sp³-hybridized carbons (Fsp3) is 0.588. The molecule has 2 aliphatic rings. The van der Waals surface area contributed by atoms with E-state index in [1.54, 1.807) is 0 Å². The lowest BCUT2D eigenvalue weighted by molar-refractivity contribution is 0.0647. The molecule has 1 aromatic rings. The minimum absolute atomic E-state index is 0. The number of carbonyl (C=O) groups is 1. The number of anilines is 1. The fourth-order valence-electron chi connectivity index (χ4n) is 3.43. The van der Waals surface area contributed by atoms with Crippen molar-refractivity contribution in [1.82, 2.24) is 9.80 Å². The average Bonchev–Trinajstić information content (AvgIpc) is 3.01. The average molecular weight is 360 g/mol. The van der Waals surface area contributed by atoms with Crippen LogP contribution < -0.4 is 5.32 Å². The Morgan fingerprint density at radius 3 is 2.65 bits per heavy atom. The smallest absolute Gasteiger partial charge is 0.253 e. The van der Waals surface area contributed by atoms with E-state index in [0.29, 0.717) is 6.04 Å². The Hall–Kier alpha value is -0.970. The molecule has 0 spiro atoms. The zero-order valence-electron chi connectivity index (χ0n) is 13.9. The van der Waals surface area contributed by atoms with E-state index in [-0.39, 0.29) is 30.7 Å². The first-order valence-electron chi connectivity index (χ1n) is 8.05. The highest BCUT2D eigenvalue weighted by molar-refractivity contribution is 5.95. The maximum Gasteiger partial charge on any atom is 0.253 e. The van der Waals surface area contributed by atoms with Crippen LogP contribution in [-0.4, -0.2) is 55.0 Å². The monoisotopic (exact) mass is 359 g/mol. The van der Waals surface area contributed by atoms with Crippen LogP contribution in [-0.2, 0) is 6.42 Å². The molecule has 1 N–H and O–H groups in total. The first-order chi connectivity index (χ1) is 10.2. The number of halogens is 2. The molecule has 0 unspecified atom stereocenters. The van der Waals surface area contributed by atoms with E-state index < -0.39 is 0 Å². The van der Waals surface area contributed by atoms with Crippen molar-refractivity contribution in [3.8, 4) is 0 Å². The number of rotatable bonds is 3. The third-order valence-corrected chi connectivity index (χ3v) is 4.93. The molecule has 0 aliphatic carbocycles. The zero-order valence-corrected chi connectivity index (χ0v) is 15.5. The highest BCUT2D eigenvalue weighted by Crippen LogP contribution is 2.24. The Bertz CT molecular complexity index is 531. The Morgan fingerprint density at radius 1 is 1.30 bits per heavy atom. The third kappa shape index (κ3) is 4.31. The van der Waals surface area contributed by atoms with Crippen molar-refractivity contribution in [3.05, 3.63) is 29.3 Å². The molecule has 1 amide bonds. The number of nitrogens with one attached hydrogen (secondary N) is 1. The Balaban J connectivity index is 0.00000132. The number of likely N-dealkylation sites (tertiary alicyclic amines) is 1. The van der Waals surface area contributed by atoms with Gasteiger partial charge in [0.1, 0.15) is 0 Å². The second-order valence-electron chi connectivity index (χ2n) is 6.13. The summed E-state index contributed by atoms with van der Waals surface area (Å²) in [5.74, 6) is 0.166. The van der Waals surface area contributed by atoms with Crippen LogP contribution >= 0.6 is 24.8 Å². The van der Waals surface area contributed by atoms with Gasteiger partial charge in [0.2, 0.25) is 0 Å². The Labute approximate surface area is 151 Å². The molecule has 130 valence electrons. The number of carbonyl (C=O) groups excluding carboxylic acids is 1. The van der Waals surface area contributed by atoms with Crippen LogP contribution in [0.5, 0.6) is 0 Å². The normalized spacial score (nSPS) is 17.5. The van der Waals surface area contributed by atoms with E-state index >= 15 is 0 Å². The van der Waals surface area contributed by atoms with Crippen molar-refractivity contribution >= 4 is 36.4 Å². The SMILES string of the molecule is CCN1CCC(N(C)C(=O)c2ccc3c(c2)CCN3)CC1.Cl.Cl. The van der Waals surface area contributed by atoms with Crippen LogP contribution in [0.3, 0.4) is 0 Å². The molecule has 0 saturated carbocycles. The van der Waals surface area contributed by atoms with Crippen LogP contribution in [0.2, 0.25) is 0 Å². The summed E-state index contributed by atoms with van der Waals surface area (Å²) in [6, 6.07) is 6.45. The number of hydrogen-bond donors (Lipinski definition) is 1. The minimum atomic E-state index is 0. The lowest BCUT2D eigenvalue weighted by Crippen LogP contribution is -2.45. The van der Waals surface area contributed by atoms with Gasteiger partial charge in [0.05, 0.1) is 0 Å². The maximum atomic E-state index is 12.7. The van der Waals surface area contributed by atoms with Crippen LogP contribution in [0, 0.1) is 0 Å². The van der Waals surface area contributed by atoms with Crippen molar-refractivity contribution in [2.24, 2.45) is 0 Å². The molecular weight excluding hydrogens is 333 g/mol. The standard InChI is InChI=1S/C17H25N3O.2ClH/c1-3-20-10-7-15(8-11-20)19(2)17(21)14-4-5-16-13(12-14)6-9-18-16;;/h4-5,12,15,18H,3,6-11H2,1-2H3;2*1H. The second-order valence-corrected chi connectivity index (χ2v) is 6.13. The molecule has 0 radical (unpaired) electrons. The van der Waals surface area contributed by atoms with Gasteiger partial charge in [0.25, 0.3) is 5.91 Å². The molecule has 1 aromatic carbocycles. The van der Waals surface area contributed by atoms with Gasteiger partial charge in [-0.1, -0.05) is 6.92 Å². The van der Waals surface area contributed by atoms with E-state index in [4.69, 9.17) is 0 Å². The van der Waals surface area contributed by atoms with Gasteiger partial charge in [-0.2, -0.15) is 0 Å². The number of fused-ring (bicyclic) bond motifs is 1. The first kappa shape index (κ1) is 20.1. The second kappa shape index (κ2) is 8.76. The first-order valence-corrected chi connectivity index (χ1v) is 8.05. The van der Waals surface area contributed by atoms with E-state index in [1.165, 1.54) is 11.3 Å². The summed E-state index contributed by atoms with van der Waals surface area (Å²) in [7, 11) is 1.96. The molecule has 1 saturated heterocycles. The van der Waals surface area contributed by atoms with Gasteiger partial charge in [-0.05, 0) is 49.6 Å². The number of piperidine rings is 1. The van der Waals surface area contributed by atoms with Crippen LogP contribution in [0.25, 0.3) is 0 Å². The van der Waals surface area contributed by atoms with Crippen molar-refractivity contribution in [3.63, 3.8) is 0 Å². The van der Waals surface area contributed by atoms with Gasteiger partial charge < -0.3 is 15.1 Å². The molecule has 6 heteroatoms. The van der Waals surface area contributed by atoms with Crippen LogP contribution in [0.1, 0.15) is 35.7 Å². The topological polar surface area (TPSA) is 35.6 Å². The van der Waals surface area contributed by atoms with E-state index in [1.807, 2.05) is 24.1 Å². The van der Waals surface area contributed by atoms with Gasteiger partial charge >= 0.3 is 0 Å². The molecule has 0 aromatic heterocycles. The highest BCUT2D eigenvalue weighted by atomic mass is 35.5. The summed E-state index contributed by atoms with van der Waals surface area (Å²) in [6.07, 6.45) is 3.19. The lowest BCUT2D eigenvalue weighted by atomic mass is 10.0. The van der Waals surface area contributed by atoms with Crippen molar-refractivity contribution < 1.29 is 4.79 Å². The predicted molar refractivity (Wildman–Crippen MR) is 100 cm³/mol. The molecule has 0 atom stereocenters. The summed E-state index contributed by atoms with van der Waals surface area (Å²) < 4.78 is 0. The molecule has 2 heterocycles. The van der Waals surface area contributed by atoms with Gasteiger partial charge in [-0.15, -0.1) is 24.8 Å². The number of amides is 1. The molecule has 0 bridgehead atoms. The summed E-state index contributed by atoms with van der Waals surface area (Å²) in [5.41, 5.74) is 3.29. The number of hydrogen-bond acceptors (Lipinski definition) is 3. The largest absolute Gasteiger partial charge is 0.384 e. The van der Waals surface area contributed by atoms with E-state index in [9.17, 15) is 4.79 Å². The van der Waals surface area contributed by atoms with Crippen LogP contribution in [0.4, 0.5) is 5.69 Å². The number of benzene rings is 1. The highest BCUT2D eigenvalue weighted by Gasteiger charge is 2.26. The summed E-state index contributed by atoms with van der Waals surface area (Å²) in [5, 5.41) is 3.34. The van der Waals surface area contributed by atoms with Crippen molar-refractivity contribution in [2.45, 2.75) is 32.2 Å². The molecule has 4 nitrogen and oxygen atoms in total. The molecule has 1 fully saturated rings. The quantitative estimate of drug-likeness (QED) is 0.900. The summed E-state index contributed by atoms with van der Waals surface area (Å²) in [4.78, 5) is 17.1. The molecular formula is C17H27Cl2N3O. The fourth-order valence-corrected chi connectivity index (χ4v) is 3.43. The Kier molecular flexibility index (Phi) is 7.65. The van der Waals surface area contributed by atoms with E-state index in [2.05, 4.69) is 23.2 Å². The van der Waals surface area contributed by atoms with Crippen molar-refractivity contribution in [2.75, 3.05) is 38.5 Å². The van der Waals surface area contributed by atoms with Crippen LogP contribution in [0.15, 0.2) is 18.2 Å². The lowest BCUT2D eigenvalue weighted by Gasteiger charge is -2.36. The minimum Gasteiger partial charge on any atom is -0.384 e.